The Labute approximate surface area is 145 Å². The van der Waals surface area contributed by atoms with Gasteiger partial charge in [-0.25, -0.2) is 0 Å². The van der Waals surface area contributed by atoms with Gasteiger partial charge >= 0.3 is 6.18 Å². The van der Waals surface area contributed by atoms with Crippen LogP contribution in [0.2, 0.25) is 0 Å². The van der Waals surface area contributed by atoms with E-state index in [1.807, 2.05) is 0 Å². The number of halogens is 3. The van der Waals surface area contributed by atoms with E-state index in [1.165, 1.54) is 12.1 Å². The molecule has 26 heavy (non-hydrogen) atoms. The molecular formula is C16H14F3N3O4. The number of amides is 1. The third kappa shape index (κ3) is 4.26. The van der Waals surface area contributed by atoms with Crippen LogP contribution in [0, 0.1) is 24.0 Å². The second-order valence-electron chi connectivity index (χ2n) is 5.64. The van der Waals surface area contributed by atoms with Crippen LogP contribution in [0.1, 0.15) is 16.7 Å². The number of benzene rings is 1. The van der Waals surface area contributed by atoms with Crippen molar-refractivity contribution in [3.63, 3.8) is 0 Å². The molecule has 1 heterocycles. The highest BCUT2D eigenvalue weighted by molar-refractivity contribution is 5.93. The average Bonchev–Trinajstić information content (AvgIpc) is 2.51. The van der Waals surface area contributed by atoms with E-state index in [0.717, 1.165) is 0 Å². The van der Waals surface area contributed by atoms with Gasteiger partial charge in [-0.3, -0.25) is 19.7 Å². The number of nitrogens with zero attached hydrogens (tertiary/aromatic N) is 2. The van der Waals surface area contributed by atoms with Gasteiger partial charge in [0.1, 0.15) is 12.2 Å². The van der Waals surface area contributed by atoms with Gasteiger partial charge in [-0.15, -0.1) is 0 Å². The fraction of sp³-hybridized carbons (Fsp3) is 0.250. The first kappa shape index (κ1) is 19.2. The number of aryl methyl sites for hydroxylation is 2. The van der Waals surface area contributed by atoms with Crippen molar-refractivity contribution in [2.24, 2.45) is 0 Å². The SMILES string of the molecule is Cc1cc(NC(=O)Cn2cc(C(F)(F)F)ccc2=O)c([N+](=O)[O-])cc1C. The quantitative estimate of drug-likeness (QED) is 0.662. The highest BCUT2D eigenvalue weighted by Crippen LogP contribution is 2.29. The average molecular weight is 369 g/mol. The number of aromatic nitrogens is 1. The molecule has 0 unspecified atom stereocenters. The zero-order valence-corrected chi connectivity index (χ0v) is 13.8. The topological polar surface area (TPSA) is 94.2 Å². The molecule has 138 valence electrons. The molecule has 1 amide bonds. The highest BCUT2D eigenvalue weighted by Gasteiger charge is 2.31. The third-order valence-corrected chi connectivity index (χ3v) is 3.71. The molecule has 0 radical (unpaired) electrons. The Bertz CT molecular complexity index is 935. The van der Waals surface area contributed by atoms with E-state index in [-0.39, 0.29) is 11.4 Å². The zero-order chi connectivity index (χ0) is 19.6. The maximum Gasteiger partial charge on any atom is 0.417 e. The summed E-state index contributed by atoms with van der Waals surface area (Å²) in [4.78, 5) is 34.2. The van der Waals surface area contributed by atoms with E-state index in [2.05, 4.69) is 5.32 Å². The maximum atomic E-state index is 12.7. The Kier molecular flexibility index (Phi) is 5.15. The minimum atomic E-state index is -4.67. The molecule has 0 aliphatic rings. The predicted molar refractivity (Wildman–Crippen MR) is 86.9 cm³/mol. The molecule has 0 fully saturated rings. The number of nitro groups is 1. The lowest BCUT2D eigenvalue weighted by Gasteiger charge is -2.12. The second-order valence-corrected chi connectivity index (χ2v) is 5.64. The fourth-order valence-corrected chi connectivity index (χ4v) is 2.22. The summed E-state index contributed by atoms with van der Waals surface area (Å²) in [6.45, 7) is 2.63. The van der Waals surface area contributed by atoms with E-state index in [1.54, 1.807) is 13.8 Å². The van der Waals surface area contributed by atoms with Crippen molar-refractivity contribution in [3.05, 3.63) is 67.6 Å². The van der Waals surface area contributed by atoms with Gasteiger partial charge < -0.3 is 9.88 Å². The number of nitrogens with one attached hydrogen (secondary N) is 1. The second kappa shape index (κ2) is 6.98. The molecule has 0 spiro atoms. The monoisotopic (exact) mass is 369 g/mol. The summed E-state index contributed by atoms with van der Waals surface area (Å²) in [6.07, 6.45) is -4.14. The van der Waals surface area contributed by atoms with E-state index in [9.17, 15) is 32.9 Å². The van der Waals surface area contributed by atoms with Gasteiger partial charge in [0.25, 0.3) is 11.2 Å². The molecule has 1 aromatic heterocycles. The van der Waals surface area contributed by atoms with Crippen LogP contribution in [-0.4, -0.2) is 15.4 Å². The van der Waals surface area contributed by atoms with E-state index < -0.39 is 34.7 Å². The number of anilines is 1. The molecule has 1 N–H and O–H groups in total. The molecule has 10 heteroatoms. The van der Waals surface area contributed by atoms with Crippen molar-refractivity contribution in [3.8, 4) is 0 Å². The smallest absolute Gasteiger partial charge is 0.319 e. The lowest BCUT2D eigenvalue weighted by Crippen LogP contribution is -2.28. The Hall–Kier alpha value is -3.17. The van der Waals surface area contributed by atoms with E-state index >= 15 is 0 Å². The first-order valence-electron chi connectivity index (χ1n) is 7.32. The summed E-state index contributed by atoms with van der Waals surface area (Å²) in [7, 11) is 0. The number of rotatable bonds is 4. The number of carbonyl (C=O) groups excluding carboxylic acids is 1. The van der Waals surface area contributed by atoms with Crippen LogP contribution >= 0.6 is 0 Å². The van der Waals surface area contributed by atoms with Crippen molar-refractivity contribution in [1.29, 1.82) is 0 Å². The maximum absolute atomic E-state index is 12.7. The summed E-state index contributed by atoms with van der Waals surface area (Å²) >= 11 is 0. The Balaban J connectivity index is 2.29. The number of hydrogen-bond acceptors (Lipinski definition) is 4. The van der Waals surface area contributed by atoms with Crippen molar-refractivity contribution >= 4 is 17.3 Å². The molecule has 7 nitrogen and oxygen atoms in total. The zero-order valence-electron chi connectivity index (χ0n) is 13.8. The van der Waals surface area contributed by atoms with Crippen molar-refractivity contribution in [2.45, 2.75) is 26.6 Å². The normalized spacial score (nSPS) is 11.3. The van der Waals surface area contributed by atoms with Gasteiger partial charge in [0.05, 0.1) is 10.5 Å². The van der Waals surface area contributed by atoms with Crippen molar-refractivity contribution in [2.75, 3.05) is 5.32 Å². The standard InChI is InChI=1S/C16H14F3N3O4/c1-9-5-12(13(22(25)26)6-10(9)2)20-14(23)8-21-7-11(16(17,18)19)3-4-15(21)24/h3-7H,8H2,1-2H3,(H,20,23). The number of carbonyl (C=O) groups is 1. The molecular weight excluding hydrogens is 355 g/mol. The summed E-state index contributed by atoms with van der Waals surface area (Å²) < 4.78 is 38.7. The van der Waals surface area contributed by atoms with Crippen LogP contribution in [0.25, 0.3) is 0 Å². The minimum Gasteiger partial charge on any atom is -0.319 e. The number of pyridine rings is 1. The van der Waals surface area contributed by atoms with Gasteiger partial charge in [0.15, 0.2) is 0 Å². The van der Waals surface area contributed by atoms with Crippen LogP contribution in [-0.2, 0) is 17.5 Å². The molecule has 0 aliphatic heterocycles. The summed E-state index contributed by atoms with van der Waals surface area (Å²) in [5, 5.41) is 13.4. The van der Waals surface area contributed by atoms with Crippen LogP contribution in [0.4, 0.5) is 24.5 Å². The molecule has 0 bridgehead atoms. The fourth-order valence-electron chi connectivity index (χ4n) is 2.22. The van der Waals surface area contributed by atoms with Crippen molar-refractivity contribution in [1.82, 2.24) is 4.57 Å². The van der Waals surface area contributed by atoms with Crippen LogP contribution in [0.15, 0.2) is 35.3 Å². The number of nitro benzene ring substituents is 1. The van der Waals surface area contributed by atoms with Crippen LogP contribution in [0.5, 0.6) is 0 Å². The predicted octanol–water partition coefficient (Wildman–Crippen LogP) is 3.03. The van der Waals surface area contributed by atoms with Gasteiger partial charge in [-0.2, -0.15) is 13.2 Å². The van der Waals surface area contributed by atoms with Crippen molar-refractivity contribution < 1.29 is 22.9 Å². The molecule has 0 saturated carbocycles. The lowest BCUT2D eigenvalue weighted by atomic mass is 10.1. The Morgan fingerprint density at radius 2 is 1.85 bits per heavy atom. The summed E-state index contributed by atoms with van der Waals surface area (Å²) in [6, 6.07) is 3.99. The molecule has 0 saturated heterocycles. The first-order valence-corrected chi connectivity index (χ1v) is 7.32. The van der Waals surface area contributed by atoms with Crippen LogP contribution in [0.3, 0.4) is 0 Å². The third-order valence-electron chi connectivity index (χ3n) is 3.71. The highest BCUT2D eigenvalue weighted by atomic mass is 19.4. The van der Waals surface area contributed by atoms with Gasteiger partial charge in [0, 0.05) is 18.3 Å². The van der Waals surface area contributed by atoms with Gasteiger partial charge in [-0.05, 0) is 37.1 Å². The summed E-state index contributed by atoms with van der Waals surface area (Å²) in [5.41, 5.74) is -1.00. The summed E-state index contributed by atoms with van der Waals surface area (Å²) in [5.74, 6) is -0.863. The molecule has 0 aliphatic carbocycles. The van der Waals surface area contributed by atoms with Gasteiger partial charge in [0.2, 0.25) is 5.91 Å². The molecule has 0 atom stereocenters. The lowest BCUT2D eigenvalue weighted by molar-refractivity contribution is -0.384. The minimum absolute atomic E-state index is 0.0943. The number of alkyl halides is 3. The first-order chi connectivity index (χ1) is 12.0. The molecule has 1 aromatic carbocycles. The van der Waals surface area contributed by atoms with Gasteiger partial charge in [-0.1, -0.05) is 0 Å². The Morgan fingerprint density at radius 1 is 1.23 bits per heavy atom. The van der Waals surface area contributed by atoms with Crippen LogP contribution < -0.4 is 10.9 Å². The molecule has 2 rings (SSSR count). The largest absolute Gasteiger partial charge is 0.417 e. The Morgan fingerprint density at radius 3 is 2.42 bits per heavy atom. The van der Waals surface area contributed by atoms with E-state index in [4.69, 9.17) is 0 Å². The van der Waals surface area contributed by atoms with E-state index in [0.29, 0.717) is 34.0 Å². The molecule has 2 aromatic rings. The number of hydrogen-bond donors (Lipinski definition) is 1.